The first kappa shape index (κ1) is 15.7. The minimum Gasteiger partial charge on any atom is -0.329 e. The van der Waals surface area contributed by atoms with E-state index in [1.807, 2.05) is 7.05 Å². The van der Waals surface area contributed by atoms with E-state index in [1.54, 1.807) is 12.1 Å². The van der Waals surface area contributed by atoms with Crippen molar-refractivity contribution in [2.24, 2.45) is 11.7 Å². The molecule has 0 amide bonds. The van der Waals surface area contributed by atoms with Crippen molar-refractivity contribution in [3.63, 3.8) is 0 Å². The maximum absolute atomic E-state index is 14.1. The molecule has 0 aromatic heterocycles. The molecule has 20 heavy (non-hydrogen) atoms. The molecule has 112 valence electrons. The van der Waals surface area contributed by atoms with E-state index in [0.29, 0.717) is 17.1 Å². The summed E-state index contributed by atoms with van der Waals surface area (Å²) < 4.78 is 14.1. The fourth-order valence-electron chi connectivity index (χ4n) is 3.22. The smallest absolute Gasteiger partial charge is 0.129 e. The zero-order chi connectivity index (χ0) is 14.5. The summed E-state index contributed by atoms with van der Waals surface area (Å²) in [5.41, 5.74) is 6.52. The van der Waals surface area contributed by atoms with E-state index in [0.717, 1.165) is 12.5 Å². The maximum atomic E-state index is 14.1. The van der Waals surface area contributed by atoms with Gasteiger partial charge in [-0.1, -0.05) is 36.9 Å². The first-order valence-corrected chi connectivity index (χ1v) is 7.85. The van der Waals surface area contributed by atoms with Crippen LogP contribution in [0.3, 0.4) is 0 Å². The Morgan fingerprint density at radius 2 is 2.05 bits per heavy atom. The third-order valence-electron chi connectivity index (χ3n) is 4.35. The Hall–Kier alpha value is -0.640. The molecule has 0 spiro atoms. The molecule has 0 bridgehead atoms. The fraction of sp³-hybridized carbons (Fsp3) is 0.625. The largest absolute Gasteiger partial charge is 0.329 e. The van der Waals surface area contributed by atoms with Gasteiger partial charge in [-0.3, -0.25) is 4.90 Å². The van der Waals surface area contributed by atoms with Gasteiger partial charge in [-0.05, 0) is 37.9 Å². The number of benzene rings is 1. The molecule has 1 aromatic carbocycles. The van der Waals surface area contributed by atoms with Crippen LogP contribution in [0.5, 0.6) is 0 Å². The third-order valence-corrected chi connectivity index (χ3v) is 4.58. The van der Waals surface area contributed by atoms with Crippen molar-refractivity contribution in [2.75, 3.05) is 20.1 Å². The number of likely N-dealkylation sites (N-methyl/N-ethyl adjacent to an activating group) is 1. The van der Waals surface area contributed by atoms with E-state index < -0.39 is 0 Å². The van der Waals surface area contributed by atoms with Crippen molar-refractivity contribution in [1.82, 2.24) is 4.90 Å². The summed E-state index contributed by atoms with van der Waals surface area (Å²) in [6, 6.07) is 4.78. The van der Waals surface area contributed by atoms with E-state index in [-0.39, 0.29) is 11.9 Å². The minimum atomic E-state index is -0.261. The number of rotatable bonds is 5. The first-order chi connectivity index (χ1) is 9.61. The molecule has 4 heteroatoms. The van der Waals surface area contributed by atoms with E-state index in [9.17, 15) is 4.39 Å². The topological polar surface area (TPSA) is 29.3 Å². The van der Waals surface area contributed by atoms with E-state index in [4.69, 9.17) is 17.3 Å². The summed E-state index contributed by atoms with van der Waals surface area (Å²) in [6.45, 7) is 1.41. The van der Waals surface area contributed by atoms with Gasteiger partial charge in [0.25, 0.3) is 0 Å². The average molecular weight is 299 g/mol. The maximum Gasteiger partial charge on any atom is 0.129 e. The van der Waals surface area contributed by atoms with Crippen molar-refractivity contribution >= 4 is 11.6 Å². The Bertz CT molecular complexity index is 432. The molecule has 2 rings (SSSR count). The molecule has 0 aliphatic heterocycles. The number of hydrogen-bond donors (Lipinski definition) is 1. The zero-order valence-electron chi connectivity index (χ0n) is 12.1. The lowest BCUT2D eigenvalue weighted by atomic mass is 9.88. The molecule has 0 saturated heterocycles. The van der Waals surface area contributed by atoms with Gasteiger partial charge in [0, 0.05) is 29.7 Å². The highest BCUT2D eigenvalue weighted by molar-refractivity contribution is 6.30. The first-order valence-electron chi connectivity index (χ1n) is 7.47. The van der Waals surface area contributed by atoms with Crippen LogP contribution < -0.4 is 5.73 Å². The summed E-state index contributed by atoms with van der Waals surface area (Å²) in [5, 5.41) is 0.428. The lowest BCUT2D eigenvalue weighted by Gasteiger charge is -2.32. The van der Waals surface area contributed by atoms with Crippen LogP contribution in [-0.4, -0.2) is 25.0 Å². The van der Waals surface area contributed by atoms with Gasteiger partial charge in [-0.2, -0.15) is 0 Å². The molecule has 2 nitrogen and oxygen atoms in total. The molecular formula is C16H24ClFN2. The molecule has 1 atom stereocenters. The van der Waals surface area contributed by atoms with Crippen molar-refractivity contribution in [3.05, 3.63) is 34.6 Å². The van der Waals surface area contributed by atoms with Gasteiger partial charge >= 0.3 is 0 Å². The highest BCUT2D eigenvalue weighted by atomic mass is 35.5. The molecule has 1 aromatic rings. The molecule has 0 radical (unpaired) electrons. The lowest BCUT2D eigenvalue weighted by Crippen LogP contribution is -2.35. The predicted molar refractivity (Wildman–Crippen MR) is 82.4 cm³/mol. The summed E-state index contributed by atoms with van der Waals surface area (Å²) >= 11 is 5.82. The van der Waals surface area contributed by atoms with Crippen molar-refractivity contribution in [2.45, 2.75) is 38.1 Å². The highest BCUT2D eigenvalue weighted by Gasteiger charge is 2.23. The van der Waals surface area contributed by atoms with Gasteiger partial charge in [-0.25, -0.2) is 4.39 Å². The Morgan fingerprint density at radius 3 is 2.65 bits per heavy atom. The van der Waals surface area contributed by atoms with Crippen LogP contribution in [0.1, 0.15) is 43.7 Å². The van der Waals surface area contributed by atoms with Crippen LogP contribution in [-0.2, 0) is 0 Å². The predicted octanol–water partition coefficient (Wildman–Crippen LogP) is 3.99. The molecule has 1 unspecified atom stereocenters. The van der Waals surface area contributed by atoms with Gasteiger partial charge in [0.1, 0.15) is 5.82 Å². The van der Waals surface area contributed by atoms with E-state index >= 15 is 0 Å². The van der Waals surface area contributed by atoms with Crippen LogP contribution in [0.15, 0.2) is 18.2 Å². The Balaban J connectivity index is 2.06. The second kappa shape index (κ2) is 7.39. The SMILES string of the molecule is CN(CC1CCCCC1)C(CN)c1ccc(Cl)cc1F. The quantitative estimate of drug-likeness (QED) is 0.890. The number of halogens is 2. The van der Waals surface area contributed by atoms with E-state index in [2.05, 4.69) is 4.90 Å². The molecular weight excluding hydrogens is 275 g/mol. The van der Waals surface area contributed by atoms with Crippen LogP contribution in [0, 0.1) is 11.7 Å². The number of nitrogens with two attached hydrogens (primary N) is 1. The van der Waals surface area contributed by atoms with Gasteiger partial charge in [0.2, 0.25) is 0 Å². The molecule has 1 aliphatic rings. The van der Waals surface area contributed by atoms with Gasteiger partial charge in [-0.15, -0.1) is 0 Å². The van der Waals surface area contributed by atoms with Crippen molar-refractivity contribution in [1.29, 1.82) is 0 Å². The lowest BCUT2D eigenvalue weighted by molar-refractivity contribution is 0.183. The molecule has 0 heterocycles. The second-order valence-electron chi connectivity index (χ2n) is 5.86. The standard InChI is InChI=1S/C16H24ClFN2/c1-20(11-12-5-3-2-4-6-12)16(10-19)14-8-7-13(17)9-15(14)18/h7-9,12,16H,2-6,10-11,19H2,1H3. The van der Waals surface area contributed by atoms with Crippen molar-refractivity contribution < 1.29 is 4.39 Å². The molecule has 1 saturated carbocycles. The highest BCUT2D eigenvalue weighted by Crippen LogP contribution is 2.28. The van der Waals surface area contributed by atoms with Crippen molar-refractivity contribution in [3.8, 4) is 0 Å². The monoisotopic (exact) mass is 298 g/mol. The number of hydrogen-bond acceptors (Lipinski definition) is 2. The summed E-state index contributed by atoms with van der Waals surface area (Å²) in [6.07, 6.45) is 6.56. The second-order valence-corrected chi connectivity index (χ2v) is 6.30. The molecule has 1 fully saturated rings. The average Bonchev–Trinajstić information content (AvgIpc) is 2.43. The zero-order valence-corrected chi connectivity index (χ0v) is 12.9. The summed E-state index contributed by atoms with van der Waals surface area (Å²) in [5.74, 6) is 0.460. The molecule has 1 aliphatic carbocycles. The Kier molecular flexibility index (Phi) is 5.82. The summed E-state index contributed by atoms with van der Waals surface area (Å²) in [4.78, 5) is 2.20. The normalized spacial score (nSPS) is 18.4. The Morgan fingerprint density at radius 1 is 1.35 bits per heavy atom. The molecule has 2 N–H and O–H groups in total. The van der Waals surface area contributed by atoms with Gasteiger partial charge in [0.15, 0.2) is 0 Å². The fourth-order valence-corrected chi connectivity index (χ4v) is 3.38. The minimum absolute atomic E-state index is 0.0748. The Labute approximate surface area is 126 Å². The van der Waals surface area contributed by atoms with Gasteiger partial charge in [0.05, 0.1) is 0 Å². The van der Waals surface area contributed by atoms with Crippen LogP contribution in [0.4, 0.5) is 4.39 Å². The number of nitrogens with zero attached hydrogens (tertiary/aromatic N) is 1. The van der Waals surface area contributed by atoms with Crippen LogP contribution in [0.25, 0.3) is 0 Å². The summed E-state index contributed by atoms with van der Waals surface area (Å²) in [7, 11) is 2.04. The third kappa shape index (κ3) is 3.94. The van der Waals surface area contributed by atoms with Crippen LogP contribution >= 0.6 is 11.6 Å². The van der Waals surface area contributed by atoms with Crippen LogP contribution in [0.2, 0.25) is 5.02 Å². The van der Waals surface area contributed by atoms with E-state index in [1.165, 1.54) is 38.2 Å². The van der Waals surface area contributed by atoms with Gasteiger partial charge < -0.3 is 5.73 Å².